The van der Waals surface area contributed by atoms with E-state index in [2.05, 4.69) is 0 Å². The summed E-state index contributed by atoms with van der Waals surface area (Å²) in [4.78, 5) is 11.9. The van der Waals surface area contributed by atoms with Crippen LogP contribution in [0.3, 0.4) is 0 Å². The highest BCUT2D eigenvalue weighted by Gasteiger charge is 2.44. The molecule has 31 heavy (non-hydrogen) atoms. The number of ether oxygens (including phenoxy) is 1. The third kappa shape index (κ3) is 5.37. The average Bonchev–Trinajstić information content (AvgIpc) is 2.70. The van der Waals surface area contributed by atoms with Crippen LogP contribution in [-0.4, -0.2) is 47.1 Å². The monoisotopic (exact) mass is 456 g/mol. The Hall–Kier alpha value is -2.60. The van der Waals surface area contributed by atoms with Crippen molar-refractivity contribution < 1.29 is 37.0 Å². The minimum absolute atomic E-state index is 0.114. The van der Waals surface area contributed by atoms with Crippen LogP contribution in [0.15, 0.2) is 47.4 Å². The van der Waals surface area contributed by atoms with Crippen molar-refractivity contribution in [1.82, 2.24) is 9.79 Å². The first-order chi connectivity index (χ1) is 14.5. The fourth-order valence-electron chi connectivity index (χ4n) is 3.42. The van der Waals surface area contributed by atoms with Crippen LogP contribution in [0.5, 0.6) is 5.75 Å². The summed E-state index contributed by atoms with van der Waals surface area (Å²) < 4.78 is 59.0. The van der Waals surface area contributed by atoms with Gasteiger partial charge in [0.25, 0.3) is 5.91 Å². The van der Waals surface area contributed by atoms with Crippen molar-refractivity contribution in [2.24, 2.45) is 0 Å². The SMILES string of the molecule is CC1(O)CCN(S(=O)(=O)c2ccc(OCc3cc(F)cc(F)c3)cc2)C(C(=O)NO)C1. The summed E-state index contributed by atoms with van der Waals surface area (Å²) in [6.45, 7) is 1.25. The molecule has 3 rings (SSSR count). The quantitative estimate of drug-likeness (QED) is 0.452. The van der Waals surface area contributed by atoms with Gasteiger partial charge in [-0.15, -0.1) is 0 Å². The molecule has 168 valence electrons. The van der Waals surface area contributed by atoms with Gasteiger partial charge in [-0.2, -0.15) is 4.31 Å². The van der Waals surface area contributed by atoms with Gasteiger partial charge < -0.3 is 9.84 Å². The van der Waals surface area contributed by atoms with Gasteiger partial charge >= 0.3 is 0 Å². The maximum Gasteiger partial charge on any atom is 0.261 e. The molecule has 3 N–H and O–H groups in total. The van der Waals surface area contributed by atoms with Gasteiger partial charge in [0.2, 0.25) is 10.0 Å². The van der Waals surface area contributed by atoms with Crippen molar-refractivity contribution in [2.45, 2.75) is 42.9 Å². The minimum Gasteiger partial charge on any atom is -0.489 e. The maximum atomic E-state index is 13.3. The van der Waals surface area contributed by atoms with E-state index in [1.807, 2.05) is 0 Å². The molecule has 8 nitrogen and oxygen atoms in total. The number of nitrogens with one attached hydrogen (secondary N) is 1. The van der Waals surface area contributed by atoms with E-state index in [1.54, 1.807) is 0 Å². The molecule has 1 heterocycles. The van der Waals surface area contributed by atoms with Crippen LogP contribution in [0.4, 0.5) is 8.78 Å². The highest BCUT2D eigenvalue weighted by molar-refractivity contribution is 7.89. The predicted octanol–water partition coefficient (Wildman–Crippen LogP) is 1.95. The molecule has 0 bridgehead atoms. The number of hydroxylamine groups is 1. The zero-order chi connectivity index (χ0) is 22.8. The van der Waals surface area contributed by atoms with Crippen molar-refractivity contribution in [1.29, 1.82) is 0 Å². The van der Waals surface area contributed by atoms with Crippen molar-refractivity contribution >= 4 is 15.9 Å². The number of rotatable bonds is 6. The Labute approximate surface area is 178 Å². The molecule has 1 aliphatic rings. The number of halogens is 2. The highest BCUT2D eigenvalue weighted by atomic mass is 32.2. The molecular formula is C20H22F2N2O6S. The standard InChI is InChI=1S/C20H22F2N2O6S/c1-20(26)6-7-24(18(11-20)19(25)23-27)31(28,29)17-4-2-16(3-5-17)30-12-13-8-14(21)10-15(22)9-13/h2-5,8-10,18,26-27H,6-7,11-12H2,1H3,(H,23,25). The lowest BCUT2D eigenvalue weighted by Gasteiger charge is -2.40. The molecule has 2 aromatic carbocycles. The Morgan fingerprint density at radius 2 is 1.84 bits per heavy atom. The third-order valence-corrected chi connectivity index (χ3v) is 6.94. The molecule has 1 saturated heterocycles. The van der Waals surface area contributed by atoms with E-state index in [0.29, 0.717) is 0 Å². The van der Waals surface area contributed by atoms with Crippen LogP contribution in [0.1, 0.15) is 25.3 Å². The first-order valence-corrected chi connectivity index (χ1v) is 10.8. The number of hydrogen-bond acceptors (Lipinski definition) is 6. The van der Waals surface area contributed by atoms with Gasteiger partial charge in [-0.1, -0.05) is 0 Å². The number of benzene rings is 2. The lowest BCUT2D eigenvalue weighted by Crippen LogP contribution is -2.57. The second-order valence-electron chi connectivity index (χ2n) is 7.60. The van der Waals surface area contributed by atoms with E-state index >= 15 is 0 Å². The van der Waals surface area contributed by atoms with Crippen LogP contribution in [-0.2, 0) is 21.4 Å². The van der Waals surface area contributed by atoms with Crippen molar-refractivity contribution in [3.05, 3.63) is 59.7 Å². The van der Waals surface area contributed by atoms with Gasteiger partial charge in [-0.25, -0.2) is 22.7 Å². The van der Waals surface area contributed by atoms with Crippen molar-refractivity contribution in [3.63, 3.8) is 0 Å². The van der Waals surface area contributed by atoms with E-state index < -0.39 is 39.2 Å². The Morgan fingerprint density at radius 1 is 1.23 bits per heavy atom. The molecule has 0 aliphatic carbocycles. The van der Waals surface area contributed by atoms with Crippen LogP contribution in [0.2, 0.25) is 0 Å². The van der Waals surface area contributed by atoms with Crippen molar-refractivity contribution in [3.8, 4) is 5.75 Å². The number of aliphatic hydroxyl groups is 1. The minimum atomic E-state index is -4.12. The Morgan fingerprint density at radius 3 is 2.42 bits per heavy atom. The van der Waals surface area contributed by atoms with E-state index in [1.165, 1.54) is 36.7 Å². The van der Waals surface area contributed by atoms with Gasteiger partial charge in [-0.05, 0) is 55.3 Å². The van der Waals surface area contributed by atoms with E-state index in [-0.39, 0.29) is 42.2 Å². The third-order valence-electron chi connectivity index (χ3n) is 5.02. The van der Waals surface area contributed by atoms with Gasteiger partial charge in [0.1, 0.15) is 30.0 Å². The summed E-state index contributed by atoms with van der Waals surface area (Å²) in [5, 5.41) is 19.2. The first kappa shape index (κ1) is 23.1. The van der Waals surface area contributed by atoms with E-state index in [0.717, 1.165) is 22.5 Å². The fraction of sp³-hybridized carbons (Fsp3) is 0.350. The van der Waals surface area contributed by atoms with Gasteiger partial charge in [0.05, 0.1) is 10.5 Å². The Balaban J connectivity index is 1.76. The lowest BCUT2D eigenvalue weighted by molar-refractivity contribution is -0.137. The van der Waals surface area contributed by atoms with Crippen LogP contribution in [0.25, 0.3) is 0 Å². The number of carbonyl (C=O) groups excluding carboxylic acids is 1. The largest absolute Gasteiger partial charge is 0.489 e. The number of carbonyl (C=O) groups is 1. The second-order valence-corrected chi connectivity index (χ2v) is 9.49. The molecule has 2 atom stereocenters. The number of nitrogens with zero attached hydrogens (tertiary/aromatic N) is 1. The van der Waals surface area contributed by atoms with E-state index in [4.69, 9.17) is 9.94 Å². The summed E-state index contributed by atoms with van der Waals surface area (Å²) in [6.07, 6.45) is -0.0587. The Kier molecular flexibility index (Phi) is 6.60. The topological polar surface area (TPSA) is 116 Å². The molecule has 2 aromatic rings. The summed E-state index contributed by atoms with van der Waals surface area (Å²) in [6, 6.07) is 7.02. The smallest absolute Gasteiger partial charge is 0.261 e. The zero-order valence-corrected chi connectivity index (χ0v) is 17.4. The predicted molar refractivity (Wildman–Crippen MR) is 105 cm³/mol. The Bertz CT molecular complexity index is 1040. The van der Waals surface area contributed by atoms with Gasteiger partial charge in [0.15, 0.2) is 0 Å². The lowest BCUT2D eigenvalue weighted by atomic mass is 9.89. The molecular weight excluding hydrogens is 434 g/mol. The summed E-state index contributed by atoms with van der Waals surface area (Å²) in [5.41, 5.74) is 0.464. The maximum absolute atomic E-state index is 13.3. The normalized spacial score (nSPS) is 22.2. The van der Waals surface area contributed by atoms with Crippen LogP contribution < -0.4 is 10.2 Å². The molecule has 0 radical (unpaired) electrons. The summed E-state index contributed by atoms with van der Waals surface area (Å²) in [5.74, 6) is -2.13. The second kappa shape index (κ2) is 8.87. The molecule has 0 aromatic heterocycles. The number of hydrogen-bond donors (Lipinski definition) is 3. The number of sulfonamides is 1. The van der Waals surface area contributed by atoms with Gasteiger partial charge in [-0.3, -0.25) is 10.0 Å². The van der Waals surface area contributed by atoms with Crippen molar-refractivity contribution in [2.75, 3.05) is 6.54 Å². The molecule has 1 fully saturated rings. The fourth-order valence-corrected chi connectivity index (χ4v) is 5.00. The first-order valence-electron chi connectivity index (χ1n) is 9.38. The molecule has 1 aliphatic heterocycles. The van der Waals surface area contributed by atoms with Crippen LogP contribution in [0, 0.1) is 11.6 Å². The molecule has 0 spiro atoms. The van der Waals surface area contributed by atoms with Crippen LogP contribution >= 0.6 is 0 Å². The summed E-state index contributed by atoms with van der Waals surface area (Å²) >= 11 is 0. The number of amides is 1. The zero-order valence-electron chi connectivity index (χ0n) is 16.6. The molecule has 11 heteroatoms. The van der Waals surface area contributed by atoms with Gasteiger partial charge in [0, 0.05) is 19.0 Å². The number of piperidine rings is 1. The average molecular weight is 456 g/mol. The molecule has 0 saturated carbocycles. The summed E-state index contributed by atoms with van der Waals surface area (Å²) in [7, 11) is -4.12. The molecule has 1 amide bonds. The molecule has 2 unspecified atom stereocenters. The van der Waals surface area contributed by atoms with E-state index in [9.17, 15) is 27.1 Å². The highest BCUT2D eigenvalue weighted by Crippen LogP contribution is 2.31.